The Balaban J connectivity index is 1.91. The minimum atomic E-state index is 0.142. The van der Waals surface area contributed by atoms with E-state index < -0.39 is 0 Å². The third-order valence-corrected chi connectivity index (χ3v) is 3.89. The number of rotatable bonds is 5. The van der Waals surface area contributed by atoms with E-state index in [1.54, 1.807) is 0 Å². The molecule has 2 rings (SSSR count). The Kier molecular flexibility index (Phi) is 4.87. The van der Waals surface area contributed by atoms with Crippen molar-refractivity contribution in [3.63, 3.8) is 0 Å². The standard InChI is InChI=1S/C15H22ClN/c1-2-5-13-6-8-14(9-7-13)15(16)12-17-10-3-4-11-17/h6-9,15H,2-5,10-12H2,1H3. The smallest absolute Gasteiger partial charge is 0.0712 e. The van der Waals surface area contributed by atoms with E-state index in [1.807, 2.05) is 0 Å². The summed E-state index contributed by atoms with van der Waals surface area (Å²) in [4.78, 5) is 2.47. The van der Waals surface area contributed by atoms with Gasteiger partial charge in [0.05, 0.1) is 5.38 Å². The number of halogens is 1. The zero-order chi connectivity index (χ0) is 12.1. The summed E-state index contributed by atoms with van der Waals surface area (Å²) >= 11 is 6.47. The zero-order valence-electron chi connectivity index (χ0n) is 10.7. The third-order valence-electron chi connectivity index (χ3n) is 3.50. The van der Waals surface area contributed by atoms with Crippen LogP contribution in [0, 0.1) is 0 Å². The van der Waals surface area contributed by atoms with Crippen LogP contribution in [0.25, 0.3) is 0 Å². The van der Waals surface area contributed by atoms with E-state index in [1.165, 1.54) is 49.9 Å². The lowest BCUT2D eigenvalue weighted by molar-refractivity contribution is 0.339. The summed E-state index contributed by atoms with van der Waals surface area (Å²) in [6.07, 6.45) is 5.04. The molecule has 94 valence electrons. The molecule has 17 heavy (non-hydrogen) atoms. The molecule has 0 N–H and O–H groups in total. The molecular formula is C15H22ClN. The number of nitrogens with zero attached hydrogens (tertiary/aromatic N) is 1. The second-order valence-electron chi connectivity index (χ2n) is 4.97. The van der Waals surface area contributed by atoms with Crippen LogP contribution in [0.2, 0.25) is 0 Å². The number of alkyl halides is 1. The Morgan fingerprint density at radius 1 is 1.18 bits per heavy atom. The third kappa shape index (κ3) is 3.72. The second-order valence-corrected chi connectivity index (χ2v) is 5.49. The van der Waals surface area contributed by atoms with E-state index in [0.29, 0.717) is 0 Å². The first-order valence-electron chi connectivity index (χ1n) is 6.75. The van der Waals surface area contributed by atoms with Gasteiger partial charge < -0.3 is 4.90 Å². The largest absolute Gasteiger partial charge is 0.302 e. The fraction of sp³-hybridized carbons (Fsp3) is 0.600. The number of benzene rings is 1. The maximum atomic E-state index is 6.47. The molecular weight excluding hydrogens is 230 g/mol. The van der Waals surface area contributed by atoms with Gasteiger partial charge in [0.25, 0.3) is 0 Å². The quantitative estimate of drug-likeness (QED) is 0.715. The van der Waals surface area contributed by atoms with Crippen LogP contribution in [0.15, 0.2) is 24.3 Å². The lowest BCUT2D eigenvalue weighted by Gasteiger charge is -2.19. The fourth-order valence-electron chi connectivity index (χ4n) is 2.48. The highest BCUT2D eigenvalue weighted by molar-refractivity contribution is 6.21. The average Bonchev–Trinajstić information content (AvgIpc) is 2.83. The topological polar surface area (TPSA) is 3.24 Å². The van der Waals surface area contributed by atoms with Gasteiger partial charge in [-0.25, -0.2) is 0 Å². The van der Waals surface area contributed by atoms with Gasteiger partial charge >= 0.3 is 0 Å². The first-order valence-corrected chi connectivity index (χ1v) is 7.18. The Labute approximate surface area is 110 Å². The molecule has 1 heterocycles. The van der Waals surface area contributed by atoms with Crippen molar-refractivity contribution in [3.8, 4) is 0 Å². The lowest BCUT2D eigenvalue weighted by atomic mass is 10.1. The van der Waals surface area contributed by atoms with Crippen LogP contribution in [0.4, 0.5) is 0 Å². The predicted octanol–water partition coefficient (Wildman–Crippen LogP) is 4.01. The van der Waals surface area contributed by atoms with Crippen molar-refractivity contribution in [3.05, 3.63) is 35.4 Å². The average molecular weight is 252 g/mol. The van der Waals surface area contributed by atoms with Gasteiger partial charge in [0.2, 0.25) is 0 Å². The molecule has 1 aromatic carbocycles. The molecule has 1 aromatic rings. The molecule has 0 aromatic heterocycles. The molecule has 2 heteroatoms. The maximum Gasteiger partial charge on any atom is 0.0712 e. The summed E-state index contributed by atoms with van der Waals surface area (Å²) < 4.78 is 0. The van der Waals surface area contributed by atoms with Gasteiger partial charge in [-0.05, 0) is 43.5 Å². The van der Waals surface area contributed by atoms with Gasteiger partial charge in [-0.2, -0.15) is 0 Å². The molecule has 1 atom stereocenters. The van der Waals surface area contributed by atoms with Crippen molar-refractivity contribution in [2.75, 3.05) is 19.6 Å². The molecule has 0 spiro atoms. The van der Waals surface area contributed by atoms with Crippen LogP contribution in [0.1, 0.15) is 42.7 Å². The number of hydrogen-bond acceptors (Lipinski definition) is 1. The molecule has 0 aliphatic carbocycles. The van der Waals surface area contributed by atoms with Crippen molar-refractivity contribution in [1.29, 1.82) is 0 Å². The van der Waals surface area contributed by atoms with Crippen molar-refractivity contribution < 1.29 is 0 Å². The Hall–Kier alpha value is -0.530. The van der Waals surface area contributed by atoms with Crippen LogP contribution in [0.5, 0.6) is 0 Å². The summed E-state index contributed by atoms with van der Waals surface area (Å²) in [7, 11) is 0. The van der Waals surface area contributed by atoms with Gasteiger partial charge in [-0.1, -0.05) is 37.6 Å². The summed E-state index contributed by atoms with van der Waals surface area (Å²) in [6.45, 7) is 5.65. The molecule has 0 amide bonds. The Morgan fingerprint density at radius 3 is 2.41 bits per heavy atom. The van der Waals surface area contributed by atoms with Gasteiger partial charge in [0, 0.05) is 6.54 Å². The van der Waals surface area contributed by atoms with Crippen LogP contribution in [-0.2, 0) is 6.42 Å². The molecule has 0 bridgehead atoms. The molecule has 1 fully saturated rings. The van der Waals surface area contributed by atoms with E-state index in [9.17, 15) is 0 Å². The van der Waals surface area contributed by atoms with Crippen molar-refractivity contribution in [2.45, 2.75) is 38.0 Å². The summed E-state index contributed by atoms with van der Waals surface area (Å²) in [5.41, 5.74) is 2.68. The van der Waals surface area contributed by atoms with Gasteiger partial charge in [-0.3, -0.25) is 0 Å². The van der Waals surface area contributed by atoms with E-state index in [0.717, 1.165) is 6.54 Å². The molecule has 1 saturated heterocycles. The molecule has 1 nitrogen and oxygen atoms in total. The summed E-state index contributed by atoms with van der Waals surface area (Å²) in [5, 5.41) is 0.142. The first-order chi connectivity index (χ1) is 8.29. The highest BCUT2D eigenvalue weighted by Gasteiger charge is 2.16. The maximum absolute atomic E-state index is 6.47. The highest BCUT2D eigenvalue weighted by atomic mass is 35.5. The SMILES string of the molecule is CCCc1ccc(C(Cl)CN2CCCC2)cc1. The Morgan fingerprint density at radius 2 is 1.82 bits per heavy atom. The first kappa shape index (κ1) is 12.9. The fourth-order valence-corrected chi connectivity index (χ4v) is 2.82. The van der Waals surface area contributed by atoms with Crippen molar-refractivity contribution in [2.24, 2.45) is 0 Å². The van der Waals surface area contributed by atoms with Crippen LogP contribution in [0.3, 0.4) is 0 Å². The van der Waals surface area contributed by atoms with Gasteiger partial charge in [-0.15, -0.1) is 11.6 Å². The monoisotopic (exact) mass is 251 g/mol. The van der Waals surface area contributed by atoms with E-state index in [4.69, 9.17) is 11.6 Å². The van der Waals surface area contributed by atoms with Crippen LogP contribution < -0.4 is 0 Å². The van der Waals surface area contributed by atoms with Crippen molar-refractivity contribution >= 4 is 11.6 Å². The molecule has 0 radical (unpaired) electrons. The number of aryl methyl sites for hydroxylation is 1. The van der Waals surface area contributed by atoms with Gasteiger partial charge in [0.1, 0.15) is 0 Å². The van der Waals surface area contributed by atoms with Crippen LogP contribution in [-0.4, -0.2) is 24.5 Å². The molecule has 0 saturated carbocycles. The number of hydrogen-bond donors (Lipinski definition) is 0. The summed E-state index contributed by atoms with van der Waals surface area (Å²) in [5.74, 6) is 0. The van der Waals surface area contributed by atoms with E-state index in [2.05, 4.69) is 36.1 Å². The minimum absolute atomic E-state index is 0.142. The summed E-state index contributed by atoms with van der Waals surface area (Å²) in [6, 6.07) is 8.83. The van der Waals surface area contributed by atoms with E-state index in [-0.39, 0.29) is 5.38 Å². The zero-order valence-corrected chi connectivity index (χ0v) is 11.4. The van der Waals surface area contributed by atoms with Crippen molar-refractivity contribution in [1.82, 2.24) is 4.90 Å². The Bertz CT molecular complexity index is 327. The minimum Gasteiger partial charge on any atom is -0.302 e. The number of likely N-dealkylation sites (tertiary alicyclic amines) is 1. The van der Waals surface area contributed by atoms with Crippen LogP contribution >= 0.6 is 11.6 Å². The van der Waals surface area contributed by atoms with E-state index >= 15 is 0 Å². The highest BCUT2D eigenvalue weighted by Crippen LogP contribution is 2.24. The normalized spacial score (nSPS) is 18.5. The lowest BCUT2D eigenvalue weighted by Crippen LogP contribution is -2.23. The molecule has 1 aliphatic rings. The van der Waals surface area contributed by atoms with Gasteiger partial charge in [0.15, 0.2) is 0 Å². The molecule has 1 unspecified atom stereocenters. The predicted molar refractivity (Wildman–Crippen MR) is 74.7 cm³/mol. The second kappa shape index (κ2) is 6.42. The molecule has 1 aliphatic heterocycles.